The third-order valence-electron chi connectivity index (χ3n) is 2.50. The summed E-state index contributed by atoms with van der Waals surface area (Å²) in [5.74, 6) is 1.54. The third kappa shape index (κ3) is 1.18. The van der Waals surface area contributed by atoms with Crippen molar-refractivity contribution in [3.8, 4) is 0 Å². The lowest BCUT2D eigenvalue weighted by Crippen LogP contribution is -2.29. The normalized spacial score (nSPS) is 33.0. The highest BCUT2D eigenvalue weighted by molar-refractivity contribution is 4.98. The summed E-state index contributed by atoms with van der Waals surface area (Å²) >= 11 is 0. The van der Waals surface area contributed by atoms with Gasteiger partial charge >= 0.3 is 0 Å². The average molecular weight is 140 g/mol. The highest BCUT2D eigenvalue weighted by Crippen LogP contribution is 2.36. The first-order valence-electron chi connectivity index (χ1n) is 3.91. The second kappa shape index (κ2) is 2.30. The van der Waals surface area contributed by atoms with Gasteiger partial charge in [-0.2, -0.15) is 0 Å². The van der Waals surface area contributed by atoms with Crippen LogP contribution in [0.1, 0.15) is 33.6 Å². The standard InChI is InChI=1S/C9H16O/c1-7(2)9(4)6-5-8(3)10-9/h7H,3,5-6H2,1-2,4H3. The van der Waals surface area contributed by atoms with E-state index in [2.05, 4.69) is 27.4 Å². The number of rotatable bonds is 1. The molecule has 1 fully saturated rings. The molecular weight excluding hydrogens is 124 g/mol. The molecule has 1 atom stereocenters. The Bertz CT molecular complexity index is 149. The van der Waals surface area contributed by atoms with Gasteiger partial charge < -0.3 is 4.74 Å². The van der Waals surface area contributed by atoms with Crippen LogP contribution in [0.4, 0.5) is 0 Å². The maximum absolute atomic E-state index is 5.62. The van der Waals surface area contributed by atoms with Crippen LogP contribution in [0.3, 0.4) is 0 Å². The zero-order valence-corrected chi connectivity index (χ0v) is 7.11. The van der Waals surface area contributed by atoms with Crippen molar-refractivity contribution in [2.45, 2.75) is 39.2 Å². The molecule has 1 aliphatic rings. The lowest BCUT2D eigenvalue weighted by atomic mass is 9.90. The van der Waals surface area contributed by atoms with Crippen molar-refractivity contribution in [2.24, 2.45) is 5.92 Å². The summed E-state index contributed by atoms with van der Waals surface area (Å²) in [5, 5.41) is 0. The lowest BCUT2D eigenvalue weighted by Gasteiger charge is -2.27. The summed E-state index contributed by atoms with van der Waals surface area (Å²) in [6.45, 7) is 10.4. The molecule has 0 radical (unpaired) electrons. The molecule has 10 heavy (non-hydrogen) atoms. The van der Waals surface area contributed by atoms with Crippen LogP contribution >= 0.6 is 0 Å². The Balaban J connectivity index is 2.63. The molecule has 1 rings (SSSR count). The van der Waals surface area contributed by atoms with Crippen molar-refractivity contribution in [2.75, 3.05) is 0 Å². The molecule has 0 aromatic rings. The van der Waals surface area contributed by atoms with Gasteiger partial charge in [-0.3, -0.25) is 0 Å². The topological polar surface area (TPSA) is 9.23 Å². The zero-order valence-electron chi connectivity index (χ0n) is 7.11. The summed E-state index contributed by atoms with van der Waals surface area (Å²) in [4.78, 5) is 0. The fraction of sp³-hybridized carbons (Fsp3) is 0.778. The molecule has 1 unspecified atom stereocenters. The molecule has 1 heterocycles. The maximum atomic E-state index is 5.62. The van der Waals surface area contributed by atoms with Gasteiger partial charge in [0.05, 0.1) is 5.76 Å². The summed E-state index contributed by atoms with van der Waals surface area (Å²) in [6.07, 6.45) is 2.16. The molecule has 0 aromatic heterocycles. The number of allylic oxidation sites excluding steroid dienone is 1. The largest absolute Gasteiger partial charge is 0.492 e. The van der Waals surface area contributed by atoms with Crippen molar-refractivity contribution in [1.82, 2.24) is 0 Å². The van der Waals surface area contributed by atoms with Crippen LogP contribution < -0.4 is 0 Å². The van der Waals surface area contributed by atoms with Gasteiger partial charge in [-0.05, 0) is 19.3 Å². The van der Waals surface area contributed by atoms with Crippen LogP contribution in [0.2, 0.25) is 0 Å². The van der Waals surface area contributed by atoms with Gasteiger partial charge in [0.15, 0.2) is 0 Å². The second-order valence-corrected chi connectivity index (χ2v) is 3.61. The summed E-state index contributed by atoms with van der Waals surface area (Å²) < 4.78 is 5.62. The van der Waals surface area contributed by atoms with E-state index < -0.39 is 0 Å². The Hall–Kier alpha value is -0.460. The van der Waals surface area contributed by atoms with Crippen LogP contribution in [0, 0.1) is 5.92 Å². The summed E-state index contributed by atoms with van der Waals surface area (Å²) in [7, 11) is 0. The van der Waals surface area contributed by atoms with Gasteiger partial charge in [0.1, 0.15) is 5.60 Å². The summed E-state index contributed by atoms with van der Waals surface area (Å²) in [5.41, 5.74) is 0.0666. The molecule has 0 aliphatic carbocycles. The number of hydrogen-bond acceptors (Lipinski definition) is 1. The highest BCUT2D eigenvalue weighted by atomic mass is 16.5. The molecule has 0 N–H and O–H groups in total. The third-order valence-corrected chi connectivity index (χ3v) is 2.50. The second-order valence-electron chi connectivity index (χ2n) is 3.61. The molecule has 1 nitrogen and oxygen atoms in total. The molecule has 0 aromatic carbocycles. The van der Waals surface area contributed by atoms with E-state index in [0.29, 0.717) is 5.92 Å². The first-order valence-corrected chi connectivity index (χ1v) is 3.91. The lowest BCUT2D eigenvalue weighted by molar-refractivity contribution is 0.0154. The quantitative estimate of drug-likeness (QED) is 0.544. The van der Waals surface area contributed by atoms with E-state index in [4.69, 9.17) is 4.74 Å². The van der Waals surface area contributed by atoms with E-state index >= 15 is 0 Å². The average Bonchev–Trinajstić information content (AvgIpc) is 2.13. The molecule has 1 heteroatoms. The minimum Gasteiger partial charge on any atom is -0.492 e. The minimum atomic E-state index is 0.0666. The van der Waals surface area contributed by atoms with E-state index in [1.807, 2.05) is 0 Å². The van der Waals surface area contributed by atoms with Crippen molar-refractivity contribution < 1.29 is 4.74 Å². The molecule has 0 amide bonds. The van der Waals surface area contributed by atoms with Crippen molar-refractivity contribution in [3.05, 3.63) is 12.3 Å². The van der Waals surface area contributed by atoms with Gasteiger partial charge in [-0.15, -0.1) is 0 Å². The number of ether oxygens (including phenoxy) is 1. The predicted octanol–water partition coefficient (Wildman–Crippen LogP) is 2.73. The minimum absolute atomic E-state index is 0.0666. The SMILES string of the molecule is C=C1CCC(C)(C(C)C)O1. The Morgan fingerprint density at radius 2 is 2.20 bits per heavy atom. The van der Waals surface area contributed by atoms with Crippen molar-refractivity contribution >= 4 is 0 Å². The van der Waals surface area contributed by atoms with Crippen molar-refractivity contribution in [1.29, 1.82) is 0 Å². The van der Waals surface area contributed by atoms with Crippen LogP contribution in [0.25, 0.3) is 0 Å². The molecule has 1 saturated heterocycles. The van der Waals surface area contributed by atoms with E-state index in [0.717, 1.165) is 18.6 Å². The first kappa shape index (κ1) is 7.64. The Kier molecular flexibility index (Phi) is 1.76. The number of hydrogen-bond donors (Lipinski definition) is 0. The van der Waals surface area contributed by atoms with Gasteiger partial charge in [0, 0.05) is 6.42 Å². The fourth-order valence-corrected chi connectivity index (χ4v) is 1.23. The van der Waals surface area contributed by atoms with Crippen LogP contribution in [-0.4, -0.2) is 5.60 Å². The van der Waals surface area contributed by atoms with Crippen LogP contribution in [0.5, 0.6) is 0 Å². The van der Waals surface area contributed by atoms with Gasteiger partial charge in [-0.25, -0.2) is 0 Å². The maximum Gasteiger partial charge on any atom is 0.108 e. The van der Waals surface area contributed by atoms with Gasteiger partial charge in [0.2, 0.25) is 0 Å². The highest BCUT2D eigenvalue weighted by Gasteiger charge is 2.35. The molecule has 1 aliphatic heterocycles. The molecule has 0 spiro atoms. The fourth-order valence-electron chi connectivity index (χ4n) is 1.23. The smallest absolute Gasteiger partial charge is 0.108 e. The molecule has 0 saturated carbocycles. The van der Waals surface area contributed by atoms with E-state index in [1.165, 1.54) is 0 Å². The summed E-state index contributed by atoms with van der Waals surface area (Å²) in [6, 6.07) is 0. The van der Waals surface area contributed by atoms with E-state index in [-0.39, 0.29) is 5.60 Å². The Morgan fingerprint density at radius 3 is 2.40 bits per heavy atom. The monoisotopic (exact) mass is 140 g/mol. The Morgan fingerprint density at radius 1 is 1.60 bits per heavy atom. The Labute approximate surface area is 63.1 Å². The predicted molar refractivity (Wildman–Crippen MR) is 42.7 cm³/mol. The van der Waals surface area contributed by atoms with E-state index in [9.17, 15) is 0 Å². The van der Waals surface area contributed by atoms with Crippen LogP contribution in [0.15, 0.2) is 12.3 Å². The zero-order chi connectivity index (χ0) is 7.78. The van der Waals surface area contributed by atoms with Crippen LogP contribution in [-0.2, 0) is 4.74 Å². The molecule has 0 bridgehead atoms. The van der Waals surface area contributed by atoms with Crippen molar-refractivity contribution in [3.63, 3.8) is 0 Å². The van der Waals surface area contributed by atoms with E-state index in [1.54, 1.807) is 0 Å². The first-order chi connectivity index (χ1) is 4.54. The molecular formula is C9H16O. The van der Waals surface area contributed by atoms with Gasteiger partial charge in [-0.1, -0.05) is 20.4 Å². The van der Waals surface area contributed by atoms with Gasteiger partial charge in [0.25, 0.3) is 0 Å². The molecule has 58 valence electrons.